The lowest BCUT2D eigenvalue weighted by atomic mass is 9.85. The maximum absolute atomic E-state index is 5.92. The minimum Gasteiger partial charge on any atom is -0.377 e. The van der Waals surface area contributed by atoms with Crippen molar-refractivity contribution in [3.8, 4) is 0 Å². The van der Waals surface area contributed by atoms with Crippen LogP contribution >= 0.6 is 0 Å². The molecule has 1 aliphatic rings. The highest BCUT2D eigenvalue weighted by Crippen LogP contribution is 2.34. The van der Waals surface area contributed by atoms with Crippen molar-refractivity contribution in [3.63, 3.8) is 0 Å². The van der Waals surface area contributed by atoms with Crippen LogP contribution in [0.4, 0.5) is 0 Å². The highest BCUT2D eigenvalue weighted by atomic mass is 16.5. The zero-order valence-corrected chi connectivity index (χ0v) is 10.5. The van der Waals surface area contributed by atoms with Gasteiger partial charge in [-0.15, -0.1) is 0 Å². The van der Waals surface area contributed by atoms with Gasteiger partial charge in [-0.05, 0) is 24.0 Å². The van der Waals surface area contributed by atoms with Crippen molar-refractivity contribution < 1.29 is 4.74 Å². The lowest BCUT2D eigenvalue weighted by Gasteiger charge is -2.24. The third kappa shape index (κ3) is 2.32. The van der Waals surface area contributed by atoms with E-state index in [0.717, 1.165) is 13.0 Å². The van der Waals surface area contributed by atoms with E-state index in [2.05, 4.69) is 60.7 Å². The van der Waals surface area contributed by atoms with Gasteiger partial charge >= 0.3 is 0 Å². The molecule has 1 aliphatic heterocycles. The summed E-state index contributed by atoms with van der Waals surface area (Å²) in [6.45, 7) is 0.904. The van der Waals surface area contributed by atoms with Crippen LogP contribution < -0.4 is 0 Å². The molecule has 0 amide bonds. The van der Waals surface area contributed by atoms with E-state index in [1.54, 1.807) is 0 Å². The molecular formula is C17H18O. The summed E-state index contributed by atoms with van der Waals surface area (Å²) in [7, 11) is 0. The first-order chi connectivity index (χ1) is 8.95. The van der Waals surface area contributed by atoms with Gasteiger partial charge in [0, 0.05) is 12.5 Å². The fourth-order valence-corrected chi connectivity index (χ4v) is 2.81. The standard InChI is InChI=1S/C17H18O/c1-3-8-14(9-4-1)17(16-12-7-13-18-16)15-10-5-2-6-11-15/h1-6,8-11,16-17H,7,12-13H2/t16-/m0/s1. The number of hydrogen-bond acceptors (Lipinski definition) is 1. The summed E-state index contributed by atoms with van der Waals surface area (Å²) in [5.41, 5.74) is 2.71. The molecule has 0 aliphatic carbocycles. The lowest BCUT2D eigenvalue weighted by molar-refractivity contribution is 0.0982. The van der Waals surface area contributed by atoms with E-state index in [-0.39, 0.29) is 0 Å². The predicted molar refractivity (Wildman–Crippen MR) is 73.7 cm³/mol. The maximum Gasteiger partial charge on any atom is 0.0685 e. The molecular weight excluding hydrogens is 220 g/mol. The van der Waals surface area contributed by atoms with Gasteiger partial charge in [-0.2, -0.15) is 0 Å². The van der Waals surface area contributed by atoms with Gasteiger partial charge < -0.3 is 4.74 Å². The highest BCUT2D eigenvalue weighted by molar-refractivity contribution is 5.34. The van der Waals surface area contributed by atoms with Crippen LogP contribution in [0, 0.1) is 0 Å². The summed E-state index contributed by atoms with van der Waals surface area (Å²) in [6, 6.07) is 21.4. The Morgan fingerprint density at radius 3 is 1.83 bits per heavy atom. The van der Waals surface area contributed by atoms with Gasteiger partial charge in [0.25, 0.3) is 0 Å². The fourth-order valence-electron chi connectivity index (χ4n) is 2.81. The quantitative estimate of drug-likeness (QED) is 0.785. The summed E-state index contributed by atoms with van der Waals surface area (Å²) in [5.74, 6) is 0.370. The van der Waals surface area contributed by atoms with Gasteiger partial charge in [0.1, 0.15) is 0 Å². The lowest BCUT2D eigenvalue weighted by Crippen LogP contribution is -2.18. The van der Waals surface area contributed by atoms with Crippen molar-refractivity contribution in [3.05, 3.63) is 71.8 Å². The Kier molecular flexibility index (Phi) is 3.42. The second-order valence-electron chi connectivity index (χ2n) is 4.85. The second-order valence-corrected chi connectivity index (χ2v) is 4.85. The van der Waals surface area contributed by atoms with E-state index in [0.29, 0.717) is 12.0 Å². The average Bonchev–Trinajstić information content (AvgIpc) is 2.95. The van der Waals surface area contributed by atoms with E-state index in [9.17, 15) is 0 Å². The van der Waals surface area contributed by atoms with Gasteiger partial charge in [0.15, 0.2) is 0 Å². The molecule has 0 spiro atoms. The molecule has 2 aromatic carbocycles. The van der Waals surface area contributed by atoms with Crippen LogP contribution in [-0.2, 0) is 4.74 Å². The largest absolute Gasteiger partial charge is 0.377 e. The Morgan fingerprint density at radius 2 is 1.39 bits per heavy atom. The molecule has 0 aromatic heterocycles. The summed E-state index contributed by atoms with van der Waals surface area (Å²) in [6.07, 6.45) is 2.67. The first kappa shape index (κ1) is 11.5. The molecule has 0 N–H and O–H groups in total. The van der Waals surface area contributed by atoms with Gasteiger partial charge in [-0.3, -0.25) is 0 Å². The van der Waals surface area contributed by atoms with E-state index in [1.807, 2.05) is 0 Å². The summed E-state index contributed by atoms with van der Waals surface area (Å²) < 4.78 is 5.92. The number of rotatable bonds is 3. The monoisotopic (exact) mass is 238 g/mol. The molecule has 0 saturated carbocycles. The van der Waals surface area contributed by atoms with Crippen LogP contribution in [0.3, 0.4) is 0 Å². The smallest absolute Gasteiger partial charge is 0.0685 e. The molecule has 1 heterocycles. The van der Waals surface area contributed by atoms with Crippen LogP contribution in [0.25, 0.3) is 0 Å². The molecule has 1 heteroatoms. The van der Waals surface area contributed by atoms with Crippen LogP contribution in [0.5, 0.6) is 0 Å². The Morgan fingerprint density at radius 1 is 0.833 bits per heavy atom. The molecule has 92 valence electrons. The summed E-state index contributed by atoms with van der Waals surface area (Å²) in [4.78, 5) is 0. The summed E-state index contributed by atoms with van der Waals surface area (Å²) >= 11 is 0. The van der Waals surface area contributed by atoms with Gasteiger partial charge in [0.05, 0.1) is 6.10 Å². The Labute approximate surface area is 108 Å². The molecule has 1 fully saturated rings. The topological polar surface area (TPSA) is 9.23 Å². The van der Waals surface area contributed by atoms with E-state index in [1.165, 1.54) is 17.5 Å². The third-order valence-electron chi connectivity index (χ3n) is 3.65. The third-order valence-corrected chi connectivity index (χ3v) is 3.65. The van der Waals surface area contributed by atoms with Crippen molar-refractivity contribution in [1.29, 1.82) is 0 Å². The van der Waals surface area contributed by atoms with Crippen molar-refractivity contribution in [2.24, 2.45) is 0 Å². The molecule has 1 saturated heterocycles. The van der Waals surface area contributed by atoms with E-state index in [4.69, 9.17) is 4.74 Å². The van der Waals surface area contributed by atoms with Crippen LogP contribution in [0.1, 0.15) is 29.9 Å². The first-order valence-electron chi connectivity index (χ1n) is 6.66. The van der Waals surface area contributed by atoms with Crippen LogP contribution in [-0.4, -0.2) is 12.7 Å². The Hall–Kier alpha value is -1.60. The number of benzene rings is 2. The normalized spacial score (nSPS) is 19.3. The predicted octanol–water partition coefficient (Wildman–Crippen LogP) is 4.00. The summed E-state index contributed by atoms with van der Waals surface area (Å²) in [5, 5.41) is 0. The fraction of sp³-hybridized carbons (Fsp3) is 0.294. The van der Waals surface area contributed by atoms with Crippen molar-refractivity contribution in [2.75, 3.05) is 6.61 Å². The SMILES string of the molecule is c1ccc(C(c2ccccc2)[C@@H]2CCCO2)cc1. The Balaban J connectivity index is 1.98. The number of hydrogen-bond donors (Lipinski definition) is 0. The molecule has 0 bridgehead atoms. The molecule has 0 unspecified atom stereocenters. The van der Waals surface area contributed by atoms with E-state index >= 15 is 0 Å². The van der Waals surface area contributed by atoms with Gasteiger partial charge in [-0.1, -0.05) is 60.7 Å². The highest BCUT2D eigenvalue weighted by Gasteiger charge is 2.28. The molecule has 1 nitrogen and oxygen atoms in total. The Bertz CT molecular complexity index is 432. The molecule has 0 radical (unpaired) electrons. The van der Waals surface area contributed by atoms with Crippen molar-refractivity contribution in [1.82, 2.24) is 0 Å². The minimum absolute atomic E-state index is 0.329. The molecule has 2 aromatic rings. The first-order valence-corrected chi connectivity index (χ1v) is 6.66. The molecule has 1 atom stereocenters. The van der Waals surface area contributed by atoms with Crippen LogP contribution in [0.15, 0.2) is 60.7 Å². The van der Waals surface area contributed by atoms with Crippen molar-refractivity contribution >= 4 is 0 Å². The van der Waals surface area contributed by atoms with Gasteiger partial charge in [0.2, 0.25) is 0 Å². The zero-order valence-electron chi connectivity index (χ0n) is 10.5. The average molecular weight is 238 g/mol. The second kappa shape index (κ2) is 5.36. The van der Waals surface area contributed by atoms with Gasteiger partial charge in [-0.25, -0.2) is 0 Å². The number of ether oxygens (including phenoxy) is 1. The molecule has 18 heavy (non-hydrogen) atoms. The molecule has 3 rings (SSSR count). The minimum atomic E-state index is 0.329. The van der Waals surface area contributed by atoms with E-state index < -0.39 is 0 Å². The maximum atomic E-state index is 5.92. The van der Waals surface area contributed by atoms with Crippen molar-refractivity contribution in [2.45, 2.75) is 24.9 Å². The zero-order chi connectivity index (χ0) is 12.2. The van der Waals surface area contributed by atoms with Crippen LogP contribution in [0.2, 0.25) is 0 Å².